The van der Waals surface area contributed by atoms with Crippen molar-refractivity contribution in [2.24, 2.45) is 0 Å². The number of aliphatic hydroxyl groups is 1. The van der Waals surface area contributed by atoms with Crippen molar-refractivity contribution < 1.29 is 28.8 Å². The molecular weight excluding hydrogens is 410 g/mol. The second kappa shape index (κ2) is 13.8. The van der Waals surface area contributed by atoms with Gasteiger partial charge in [0.05, 0.1) is 19.8 Å². The lowest BCUT2D eigenvalue weighted by Gasteiger charge is -2.14. The summed E-state index contributed by atoms with van der Waals surface area (Å²) in [5.74, 6) is 3.06. The maximum absolute atomic E-state index is 10.1. The first-order valence-electron chi connectivity index (χ1n) is 11.4. The minimum atomic E-state index is -0.611. The van der Waals surface area contributed by atoms with Crippen LogP contribution in [0, 0.1) is 0 Å². The van der Waals surface area contributed by atoms with Crippen molar-refractivity contribution in [2.75, 3.05) is 46.6 Å². The van der Waals surface area contributed by atoms with E-state index in [1.54, 1.807) is 7.11 Å². The summed E-state index contributed by atoms with van der Waals surface area (Å²) in [5, 5.41) is 13.3. The summed E-state index contributed by atoms with van der Waals surface area (Å²) in [6.07, 6.45) is 4.69. The zero-order valence-electron chi connectivity index (χ0n) is 18.8. The maximum Gasteiger partial charge on any atom is 0.119 e. The second-order valence-electron chi connectivity index (χ2n) is 7.79. The molecule has 0 saturated heterocycles. The smallest absolute Gasteiger partial charge is 0.119 e. The van der Waals surface area contributed by atoms with Crippen LogP contribution in [0.4, 0.5) is 0 Å². The first-order valence-corrected chi connectivity index (χ1v) is 11.4. The Morgan fingerprint density at radius 2 is 1.38 bits per heavy atom. The number of nitrogens with one attached hydrogen (secondary N) is 1. The number of hydrogen-bond acceptors (Lipinski definition) is 7. The molecule has 7 heteroatoms. The molecule has 1 unspecified atom stereocenters. The molecule has 0 radical (unpaired) electrons. The number of hydrogen-bond donors (Lipinski definition) is 2. The molecule has 1 aliphatic carbocycles. The molecule has 1 aliphatic rings. The molecule has 1 atom stereocenters. The Labute approximate surface area is 190 Å². The van der Waals surface area contributed by atoms with Crippen LogP contribution in [0.25, 0.3) is 0 Å². The van der Waals surface area contributed by atoms with Crippen molar-refractivity contribution in [2.45, 2.75) is 37.9 Å². The van der Waals surface area contributed by atoms with Crippen molar-refractivity contribution in [3.05, 3.63) is 48.5 Å². The Bertz CT molecular complexity index is 746. The summed E-state index contributed by atoms with van der Waals surface area (Å²) >= 11 is 0. The Hall–Kier alpha value is -2.48. The second-order valence-corrected chi connectivity index (χ2v) is 7.79. The highest BCUT2D eigenvalue weighted by Gasteiger charge is 2.14. The van der Waals surface area contributed by atoms with E-state index in [-0.39, 0.29) is 6.61 Å². The molecule has 0 bridgehead atoms. The van der Waals surface area contributed by atoms with Crippen LogP contribution in [0.1, 0.15) is 25.7 Å². The Balaban J connectivity index is 1.21. The fourth-order valence-corrected chi connectivity index (χ4v) is 3.49. The van der Waals surface area contributed by atoms with E-state index in [4.69, 9.17) is 23.7 Å². The zero-order chi connectivity index (χ0) is 22.4. The first kappa shape index (κ1) is 24.2. The van der Waals surface area contributed by atoms with Crippen LogP contribution < -0.4 is 24.3 Å². The SMILES string of the molecule is COc1ccc(OCCNCC(O)COc2ccc(OCCOC3CCCC3)cc2)cc1. The van der Waals surface area contributed by atoms with E-state index in [1.165, 1.54) is 25.7 Å². The van der Waals surface area contributed by atoms with Gasteiger partial charge in [0, 0.05) is 13.1 Å². The molecule has 0 amide bonds. The summed E-state index contributed by atoms with van der Waals surface area (Å²) in [6, 6.07) is 14.9. The van der Waals surface area contributed by atoms with Gasteiger partial charge in [0.15, 0.2) is 0 Å². The van der Waals surface area contributed by atoms with Gasteiger partial charge in [-0.25, -0.2) is 0 Å². The van der Waals surface area contributed by atoms with Crippen molar-refractivity contribution >= 4 is 0 Å². The van der Waals surface area contributed by atoms with Crippen molar-refractivity contribution in [1.29, 1.82) is 0 Å². The van der Waals surface area contributed by atoms with Crippen molar-refractivity contribution in [1.82, 2.24) is 5.32 Å². The normalized spacial score (nSPS) is 14.8. The van der Waals surface area contributed by atoms with E-state index < -0.39 is 6.10 Å². The molecule has 0 aromatic heterocycles. The summed E-state index contributed by atoms with van der Waals surface area (Å²) in [5.41, 5.74) is 0. The van der Waals surface area contributed by atoms with Gasteiger partial charge in [-0.2, -0.15) is 0 Å². The number of benzene rings is 2. The van der Waals surface area contributed by atoms with Crippen LogP contribution in [-0.2, 0) is 4.74 Å². The van der Waals surface area contributed by atoms with Gasteiger partial charge < -0.3 is 34.1 Å². The third kappa shape index (κ3) is 8.94. The molecule has 2 N–H and O–H groups in total. The predicted octanol–water partition coefficient (Wildman–Crippen LogP) is 3.44. The molecule has 0 spiro atoms. The average Bonchev–Trinajstić information content (AvgIpc) is 3.35. The topological polar surface area (TPSA) is 78.4 Å². The molecule has 0 heterocycles. The van der Waals surface area contributed by atoms with E-state index in [2.05, 4.69) is 5.32 Å². The molecule has 1 saturated carbocycles. The minimum Gasteiger partial charge on any atom is -0.497 e. The Morgan fingerprint density at radius 1 is 0.812 bits per heavy atom. The largest absolute Gasteiger partial charge is 0.497 e. The van der Waals surface area contributed by atoms with Crippen LogP contribution in [-0.4, -0.2) is 63.9 Å². The maximum atomic E-state index is 10.1. The van der Waals surface area contributed by atoms with E-state index in [1.807, 2.05) is 48.5 Å². The quantitative estimate of drug-likeness (QED) is 0.407. The summed E-state index contributed by atoms with van der Waals surface area (Å²) in [4.78, 5) is 0. The van der Waals surface area contributed by atoms with Crippen LogP contribution in [0.5, 0.6) is 23.0 Å². The molecule has 176 valence electrons. The Kier molecular flexibility index (Phi) is 10.4. The number of aliphatic hydroxyl groups excluding tert-OH is 1. The van der Waals surface area contributed by atoms with Gasteiger partial charge in [-0.05, 0) is 61.4 Å². The summed E-state index contributed by atoms with van der Waals surface area (Å²) in [6.45, 7) is 2.93. The lowest BCUT2D eigenvalue weighted by atomic mass is 10.3. The highest BCUT2D eigenvalue weighted by molar-refractivity contribution is 5.31. The van der Waals surface area contributed by atoms with Gasteiger partial charge in [0.2, 0.25) is 0 Å². The van der Waals surface area contributed by atoms with Crippen molar-refractivity contribution in [3.63, 3.8) is 0 Å². The lowest BCUT2D eigenvalue weighted by molar-refractivity contribution is 0.0382. The summed E-state index contributed by atoms with van der Waals surface area (Å²) < 4.78 is 27.9. The first-order chi connectivity index (χ1) is 15.7. The van der Waals surface area contributed by atoms with Gasteiger partial charge in [0.1, 0.15) is 48.9 Å². The molecule has 7 nitrogen and oxygen atoms in total. The fraction of sp³-hybridized carbons (Fsp3) is 0.520. The van der Waals surface area contributed by atoms with Crippen molar-refractivity contribution in [3.8, 4) is 23.0 Å². The summed E-state index contributed by atoms with van der Waals surface area (Å²) in [7, 11) is 1.63. The van der Waals surface area contributed by atoms with Gasteiger partial charge >= 0.3 is 0 Å². The van der Waals surface area contributed by atoms with Gasteiger partial charge in [-0.1, -0.05) is 12.8 Å². The third-order valence-corrected chi connectivity index (χ3v) is 5.26. The fourth-order valence-electron chi connectivity index (χ4n) is 3.49. The minimum absolute atomic E-state index is 0.210. The average molecular weight is 446 g/mol. The molecule has 2 aromatic carbocycles. The highest BCUT2D eigenvalue weighted by Crippen LogP contribution is 2.21. The molecule has 32 heavy (non-hydrogen) atoms. The molecular formula is C25H35NO6. The van der Waals surface area contributed by atoms with E-state index in [0.29, 0.717) is 44.8 Å². The Morgan fingerprint density at radius 3 is 2.00 bits per heavy atom. The lowest BCUT2D eigenvalue weighted by Crippen LogP contribution is -2.33. The van der Waals surface area contributed by atoms with E-state index in [0.717, 1.165) is 17.2 Å². The van der Waals surface area contributed by atoms with Crippen LogP contribution in [0.2, 0.25) is 0 Å². The van der Waals surface area contributed by atoms with Crippen LogP contribution in [0.15, 0.2) is 48.5 Å². The van der Waals surface area contributed by atoms with Crippen LogP contribution >= 0.6 is 0 Å². The molecule has 0 aliphatic heterocycles. The number of ether oxygens (including phenoxy) is 5. The highest BCUT2D eigenvalue weighted by atomic mass is 16.5. The monoisotopic (exact) mass is 445 g/mol. The standard InChI is InChI=1S/C25H35NO6/c1-28-21-6-8-23(9-7-21)29-15-14-26-18-20(27)19-32-25-12-10-24(11-13-25)31-17-16-30-22-4-2-3-5-22/h6-13,20,22,26-27H,2-5,14-19H2,1H3. The van der Waals surface area contributed by atoms with Gasteiger partial charge in [-0.15, -0.1) is 0 Å². The van der Waals surface area contributed by atoms with Gasteiger partial charge in [0.25, 0.3) is 0 Å². The van der Waals surface area contributed by atoms with Gasteiger partial charge in [-0.3, -0.25) is 0 Å². The zero-order valence-corrected chi connectivity index (χ0v) is 18.8. The molecule has 1 fully saturated rings. The number of rotatable bonds is 15. The molecule has 3 rings (SSSR count). The number of methoxy groups -OCH3 is 1. The molecule has 2 aromatic rings. The van der Waals surface area contributed by atoms with E-state index in [9.17, 15) is 5.11 Å². The van der Waals surface area contributed by atoms with E-state index >= 15 is 0 Å². The van der Waals surface area contributed by atoms with Crippen LogP contribution in [0.3, 0.4) is 0 Å². The third-order valence-electron chi connectivity index (χ3n) is 5.26. The predicted molar refractivity (Wildman–Crippen MR) is 123 cm³/mol.